The van der Waals surface area contributed by atoms with Crippen LogP contribution in [0, 0.1) is 0 Å². The van der Waals surface area contributed by atoms with E-state index in [1.165, 1.54) is 38.6 Å². The van der Waals surface area contributed by atoms with E-state index in [1.807, 2.05) is 0 Å². The number of aryl methyl sites for hydroxylation is 1. The number of rotatable bonds is 5. The highest BCUT2D eigenvalue weighted by molar-refractivity contribution is 5.91. The molecule has 1 N–H and O–H groups in total. The summed E-state index contributed by atoms with van der Waals surface area (Å²) in [5.74, 6) is -1.00. The summed E-state index contributed by atoms with van der Waals surface area (Å²) in [5, 5.41) is 2.43. The molecule has 158 valence electrons. The van der Waals surface area contributed by atoms with E-state index in [-0.39, 0.29) is 22.5 Å². The van der Waals surface area contributed by atoms with Gasteiger partial charge in [0.25, 0.3) is 5.56 Å². The number of ether oxygens (including phenoxy) is 2. The predicted molar refractivity (Wildman–Crippen MR) is 99.6 cm³/mol. The maximum absolute atomic E-state index is 12.8. The van der Waals surface area contributed by atoms with Gasteiger partial charge in [-0.05, 0) is 30.3 Å². The van der Waals surface area contributed by atoms with Gasteiger partial charge in [0.1, 0.15) is 23.4 Å². The highest BCUT2D eigenvalue weighted by Crippen LogP contribution is 2.24. The summed E-state index contributed by atoms with van der Waals surface area (Å²) >= 11 is 0. The number of aromatic nitrogens is 3. The van der Waals surface area contributed by atoms with E-state index in [4.69, 9.17) is 4.74 Å². The lowest BCUT2D eigenvalue weighted by atomic mass is 10.3. The summed E-state index contributed by atoms with van der Waals surface area (Å²) in [7, 11) is 2.74. The van der Waals surface area contributed by atoms with E-state index in [2.05, 4.69) is 15.0 Å². The Morgan fingerprint density at radius 2 is 1.83 bits per heavy atom. The van der Waals surface area contributed by atoms with Crippen LogP contribution in [0.4, 0.5) is 18.9 Å². The Bertz CT molecular complexity index is 1220. The molecule has 9 nitrogen and oxygen atoms in total. The van der Waals surface area contributed by atoms with E-state index in [1.54, 1.807) is 0 Å². The Morgan fingerprint density at radius 1 is 1.17 bits per heavy atom. The van der Waals surface area contributed by atoms with Crippen LogP contribution in [0.25, 0.3) is 11.0 Å². The summed E-state index contributed by atoms with van der Waals surface area (Å²) in [6.45, 7) is -0.625. The second-order valence-electron chi connectivity index (χ2n) is 6.07. The molecule has 3 aromatic rings. The molecule has 3 rings (SSSR count). The molecule has 0 aliphatic heterocycles. The van der Waals surface area contributed by atoms with E-state index >= 15 is 0 Å². The normalized spacial score (nSPS) is 11.4. The number of anilines is 1. The minimum Gasteiger partial charge on any atom is -0.496 e. The van der Waals surface area contributed by atoms with Crippen molar-refractivity contribution in [2.45, 2.75) is 12.9 Å². The number of carbonyl (C=O) groups excluding carboxylic acids is 1. The molecule has 0 saturated heterocycles. The molecule has 0 aliphatic rings. The van der Waals surface area contributed by atoms with Gasteiger partial charge in [-0.2, -0.15) is 0 Å². The topological polar surface area (TPSA) is 104 Å². The third-order valence-electron chi connectivity index (χ3n) is 4.08. The first-order valence-electron chi connectivity index (χ1n) is 8.39. The zero-order valence-corrected chi connectivity index (χ0v) is 15.7. The number of hydrogen-bond donors (Lipinski definition) is 1. The van der Waals surface area contributed by atoms with Crippen LogP contribution < -0.4 is 26.0 Å². The quantitative estimate of drug-likeness (QED) is 0.668. The van der Waals surface area contributed by atoms with Gasteiger partial charge in [0.05, 0.1) is 7.11 Å². The van der Waals surface area contributed by atoms with Crippen molar-refractivity contribution in [1.29, 1.82) is 0 Å². The van der Waals surface area contributed by atoms with E-state index in [9.17, 15) is 27.6 Å². The van der Waals surface area contributed by atoms with Crippen LogP contribution in [0.3, 0.4) is 0 Å². The average Bonchev–Trinajstić information content (AvgIpc) is 2.69. The van der Waals surface area contributed by atoms with Gasteiger partial charge in [-0.3, -0.25) is 14.2 Å². The lowest BCUT2D eigenvalue weighted by molar-refractivity contribution is -0.274. The Labute approximate surface area is 166 Å². The standard InChI is InChI=1S/C18H15F3N4O5/c1-24-15-14(12(29-2)7-8-22-15)16(27)25(17(24)28)9-13(26)23-10-3-5-11(6-4-10)30-18(19,20)21/h3-8H,9H2,1-2H3,(H,23,26). The summed E-state index contributed by atoms with van der Waals surface area (Å²) in [4.78, 5) is 41.6. The van der Waals surface area contributed by atoms with Gasteiger partial charge in [-0.1, -0.05) is 0 Å². The lowest BCUT2D eigenvalue weighted by Gasteiger charge is -2.12. The molecule has 2 heterocycles. The molecule has 12 heteroatoms. The molecule has 1 aromatic carbocycles. The average molecular weight is 424 g/mol. The van der Waals surface area contributed by atoms with Crippen molar-refractivity contribution >= 4 is 22.6 Å². The smallest absolute Gasteiger partial charge is 0.496 e. The van der Waals surface area contributed by atoms with Crippen LogP contribution in [0.5, 0.6) is 11.5 Å². The number of alkyl halides is 3. The van der Waals surface area contributed by atoms with Crippen molar-refractivity contribution < 1.29 is 27.4 Å². The Balaban J connectivity index is 1.87. The molecule has 0 bridgehead atoms. The zero-order chi connectivity index (χ0) is 22.1. The second kappa shape index (κ2) is 7.89. The number of halogens is 3. The fourth-order valence-corrected chi connectivity index (χ4v) is 2.78. The van der Waals surface area contributed by atoms with Gasteiger partial charge in [0.2, 0.25) is 5.91 Å². The van der Waals surface area contributed by atoms with Gasteiger partial charge in [-0.25, -0.2) is 14.3 Å². The molecule has 2 aromatic heterocycles. The molecule has 0 fully saturated rings. The van der Waals surface area contributed by atoms with Crippen LogP contribution in [-0.2, 0) is 18.4 Å². The van der Waals surface area contributed by atoms with Gasteiger partial charge in [-0.15, -0.1) is 13.2 Å². The third-order valence-corrected chi connectivity index (χ3v) is 4.08. The fraction of sp³-hybridized carbons (Fsp3) is 0.222. The summed E-state index contributed by atoms with van der Waals surface area (Å²) in [6.07, 6.45) is -3.46. The number of methoxy groups -OCH3 is 1. The highest BCUT2D eigenvalue weighted by Gasteiger charge is 2.31. The minimum absolute atomic E-state index is 0.0311. The number of pyridine rings is 1. The van der Waals surface area contributed by atoms with Crippen LogP contribution in [0.1, 0.15) is 0 Å². The molecular weight excluding hydrogens is 409 g/mol. The van der Waals surface area contributed by atoms with E-state index in [0.29, 0.717) is 4.57 Å². The second-order valence-corrected chi connectivity index (χ2v) is 6.07. The third kappa shape index (κ3) is 4.26. The van der Waals surface area contributed by atoms with Gasteiger partial charge in [0.15, 0.2) is 5.65 Å². The van der Waals surface area contributed by atoms with Crippen molar-refractivity contribution in [3.63, 3.8) is 0 Å². The van der Waals surface area contributed by atoms with Crippen molar-refractivity contribution in [2.24, 2.45) is 7.05 Å². The number of benzene rings is 1. The molecule has 0 saturated carbocycles. The molecule has 0 radical (unpaired) electrons. The lowest BCUT2D eigenvalue weighted by Crippen LogP contribution is -2.42. The van der Waals surface area contributed by atoms with Crippen molar-refractivity contribution in [3.8, 4) is 11.5 Å². The zero-order valence-electron chi connectivity index (χ0n) is 15.7. The molecule has 0 unspecified atom stereocenters. The maximum atomic E-state index is 12.8. The largest absolute Gasteiger partial charge is 0.573 e. The number of hydrogen-bond acceptors (Lipinski definition) is 6. The van der Waals surface area contributed by atoms with Crippen LogP contribution in [0.15, 0.2) is 46.1 Å². The van der Waals surface area contributed by atoms with Crippen molar-refractivity contribution in [1.82, 2.24) is 14.1 Å². The van der Waals surface area contributed by atoms with Gasteiger partial charge in [0, 0.05) is 18.9 Å². The van der Waals surface area contributed by atoms with Crippen LogP contribution in [0.2, 0.25) is 0 Å². The first kappa shape index (κ1) is 20.9. The maximum Gasteiger partial charge on any atom is 0.573 e. The molecular formula is C18H15F3N4O5. The molecule has 0 atom stereocenters. The van der Waals surface area contributed by atoms with Gasteiger partial charge >= 0.3 is 12.1 Å². The number of carbonyl (C=O) groups is 1. The number of amides is 1. The van der Waals surface area contributed by atoms with E-state index in [0.717, 1.165) is 16.7 Å². The molecule has 1 amide bonds. The van der Waals surface area contributed by atoms with Gasteiger partial charge < -0.3 is 14.8 Å². The number of fused-ring (bicyclic) bond motifs is 1. The van der Waals surface area contributed by atoms with Crippen LogP contribution in [-0.4, -0.2) is 33.5 Å². The monoisotopic (exact) mass is 424 g/mol. The predicted octanol–water partition coefficient (Wildman–Crippen LogP) is 1.64. The number of nitrogens with one attached hydrogen (secondary N) is 1. The Kier molecular flexibility index (Phi) is 5.49. The minimum atomic E-state index is -4.84. The highest BCUT2D eigenvalue weighted by atomic mass is 19.4. The Hall–Kier alpha value is -3.83. The van der Waals surface area contributed by atoms with Crippen molar-refractivity contribution in [3.05, 3.63) is 57.4 Å². The molecule has 0 aliphatic carbocycles. The fourth-order valence-electron chi connectivity index (χ4n) is 2.78. The Morgan fingerprint density at radius 3 is 2.43 bits per heavy atom. The summed E-state index contributed by atoms with van der Waals surface area (Å²) < 4.78 is 47.3. The van der Waals surface area contributed by atoms with Crippen molar-refractivity contribution in [2.75, 3.05) is 12.4 Å². The van der Waals surface area contributed by atoms with Crippen LogP contribution >= 0.6 is 0 Å². The first-order valence-corrected chi connectivity index (χ1v) is 8.39. The number of nitrogens with zero attached hydrogens (tertiary/aromatic N) is 3. The molecule has 30 heavy (non-hydrogen) atoms. The SMILES string of the molecule is COc1ccnc2c1c(=O)n(CC(=O)Nc1ccc(OC(F)(F)F)cc1)c(=O)n2C. The first-order chi connectivity index (χ1) is 14.1. The van der Waals surface area contributed by atoms with E-state index < -0.39 is 35.8 Å². The molecule has 0 spiro atoms. The summed E-state index contributed by atoms with van der Waals surface area (Å²) in [5.41, 5.74) is -1.28. The summed E-state index contributed by atoms with van der Waals surface area (Å²) in [6, 6.07) is 5.85.